The number of benzene rings is 1. The van der Waals surface area contributed by atoms with Crippen molar-refractivity contribution in [3.63, 3.8) is 0 Å². The third-order valence-corrected chi connectivity index (χ3v) is 2.17. The van der Waals surface area contributed by atoms with E-state index in [2.05, 4.69) is 0 Å². The molecule has 4 heteroatoms. The van der Waals surface area contributed by atoms with Gasteiger partial charge in [-0.15, -0.1) is 0 Å². The summed E-state index contributed by atoms with van der Waals surface area (Å²) in [5.41, 5.74) is 1.07. The standard InChI is InChI=1S/C11H15ClO3/c1-8-3-4-11(10(12)5-8)15-7-9(13)6-14-2/h3-5,9,13H,6-7H2,1-2H3/t9-/m1/s1. The minimum Gasteiger partial charge on any atom is -0.489 e. The molecule has 0 spiro atoms. The molecule has 1 rings (SSSR count). The van der Waals surface area contributed by atoms with Crippen LogP contribution in [0, 0.1) is 6.92 Å². The third kappa shape index (κ3) is 4.08. The summed E-state index contributed by atoms with van der Waals surface area (Å²) < 4.78 is 10.1. The molecule has 0 aromatic heterocycles. The lowest BCUT2D eigenvalue weighted by atomic mass is 10.2. The Labute approximate surface area is 94.6 Å². The zero-order valence-electron chi connectivity index (χ0n) is 8.87. The number of aryl methyl sites for hydroxylation is 1. The molecule has 0 amide bonds. The average Bonchev–Trinajstić information content (AvgIpc) is 2.17. The van der Waals surface area contributed by atoms with Gasteiger partial charge in [0, 0.05) is 7.11 Å². The normalized spacial score (nSPS) is 12.5. The van der Waals surface area contributed by atoms with Crippen molar-refractivity contribution in [3.05, 3.63) is 28.8 Å². The highest BCUT2D eigenvalue weighted by Crippen LogP contribution is 2.25. The lowest BCUT2D eigenvalue weighted by molar-refractivity contribution is 0.0326. The van der Waals surface area contributed by atoms with Crippen LogP contribution in [0.25, 0.3) is 0 Å². The summed E-state index contributed by atoms with van der Waals surface area (Å²) in [6.07, 6.45) is -0.632. The molecule has 84 valence electrons. The first-order chi connectivity index (χ1) is 7.13. The number of rotatable bonds is 5. The van der Waals surface area contributed by atoms with E-state index in [9.17, 15) is 5.11 Å². The number of aliphatic hydroxyl groups is 1. The van der Waals surface area contributed by atoms with Gasteiger partial charge in [0.05, 0.1) is 11.6 Å². The summed E-state index contributed by atoms with van der Waals surface area (Å²) in [6, 6.07) is 5.51. The van der Waals surface area contributed by atoms with Gasteiger partial charge in [0.25, 0.3) is 0 Å². The summed E-state index contributed by atoms with van der Waals surface area (Å²) in [6.45, 7) is 2.38. The van der Waals surface area contributed by atoms with Crippen molar-refractivity contribution in [2.75, 3.05) is 20.3 Å². The van der Waals surface area contributed by atoms with Crippen LogP contribution in [0.3, 0.4) is 0 Å². The van der Waals surface area contributed by atoms with Crippen molar-refractivity contribution in [1.29, 1.82) is 0 Å². The molecule has 1 atom stereocenters. The van der Waals surface area contributed by atoms with Gasteiger partial charge in [-0.2, -0.15) is 0 Å². The fourth-order valence-corrected chi connectivity index (χ4v) is 1.44. The Kier molecular flexibility index (Phi) is 4.88. The fraction of sp³-hybridized carbons (Fsp3) is 0.455. The SMILES string of the molecule is COC[C@@H](O)COc1ccc(C)cc1Cl. The molecule has 0 fully saturated rings. The lowest BCUT2D eigenvalue weighted by Gasteiger charge is -2.12. The highest BCUT2D eigenvalue weighted by atomic mass is 35.5. The van der Waals surface area contributed by atoms with Gasteiger partial charge < -0.3 is 14.6 Å². The van der Waals surface area contributed by atoms with Crippen molar-refractivity contribution in [3.8, 4) is 5.75 Å². The number of hydrogen-bond donors (Lipinski definition) is 1. The first-order valence-electron chi connectivity index (χ1n) is 4.69. The third-order valence-electron chi connectivity index (χ3n) is 1.88. The molecule has 0 aliphatic heterocycles. The van der Waals surface area contributed by atoms with Gasteiger partial charge in [-0.05, 0) is 24.6 Å². The zero-order valence-corrected chi connectivity index (χ0v) is 9.62. The molecule has 0 heterocycles. The Morgan fingerprint density at radius 2 is 2.13 bits per heavy atom. The van der Waals surface area contributed by atoms with Crippen molar-refractivity contribution in [2.45, 2.75) is 13.0 Å². The van der Waals surface area contributed by atoms with Crippen LogP contribution in [-0.2, 0) is 4.74 Å². The number of ether oxygens (including phenoxy) is 2. The maximum atomic E-state index is 9.36. The Morgan fingerprint density at radius 1 is 1.40 bits per heavy atom. The first-order valence-corrected chi connectivity index (χ1v) is 5.07. The summed E-state index contributed by atoms with van der Waals surface area (Å²) in [5, 5.41) is 9.92. The summed E-state index contributed by atoms with van der Waals surface area (Å²) in [5.74, 6) is 0.581. The van der Waals surface area contributed by atoms with Gasteiger partial charge in [-0.1, -0.05) is 17.7 Å². The summed E-state index contributed by atoms with van der Waals surface area (Å²) in [7, 11) is 1.53. The van der Waals surface area contributed by atoms with Crippen molar-refractivity contribution >= 4 is 11.6 Å². The minimum atomic E-state index is -0.632. The Morgan fingerprint density at radius 3 is 2.73 bits per heavy atom. The van der Waals surface area contributed by atoms with E-state index in [1.54, 1.807) is 6.07 Å². The van der Waals surface area contributed by atoms with Crippen LogP contribution in [0.15, 0.2) is 18.2 Å². The molecule has 1 aromatic rings. The van der Waals surface area contributed by atoms with Gasteiger partial charge in [0.2, 0.25) is 0 Å². The Hall–Kier alpha value is -0.770. The van der Waals surface area contributed by atoms with E-state index in [1.807, 2.05) is 19.1 Å². The molecule has 0 unspecified atom stereocenters. The van der Waals surface area contributed by atoms with E-state index in [-0.39, 0.29) is 13.2 Å². The van der Waals surface area contributed by atoms with Gasteiger partial charge in [0.15, 0.2) is 0 Å². The number of methoxy groups -OCH3 is 1. The lowest BCUT2D eigenvalue weighted by Crippen LogP contribution is -2.22. The van der Waals surface area contributed by atoms with Crippen LogP contribution < -0.4 is 4.74 Å². The highest BCUT2D eigenvalue weighted by molar-refractivity contribution is 6.32. The van der Waals surface area contributed by atoms with Crippen LogP contribution >= 0.6 is 11.6 Å². The van der Waals surface area contributed by atoms with Crippen LogP contribution in [0.2, 0.25) is 5.02 Å². The van der Waals surface area contributed by atoms with Crippen molar-refractivity contribution in [2.24, 2.45) is 0 Å². The molecule has 0 aliphatic rings. The molecule has 0 aliphatic carbocycles. The Bertz CT molecular complexity index is 315. The number of aliphatic hydroxyl groups excluding tert-OH is 1. The average molecular weight is 231 g/mol. The first kappa shape index (κ1) is 12.3. The second-order valence-corrected chi connectivity index (χ2v) is 3.76. The molecule has 0 saturated heterocycles. The predicted molar refractivity (Wildman–Crippen MR) is 59.6 cm³/mol. The largest absolute Gasteiger partial charge is 0.489 e. The maximum absolute atomic E-state index is 9.36. The van der Waals surface area contributed by atoms with E-state index in [0.29, 0.717) is 10.8 Å². The van der Waals surface area contributed by atoms with Crippen LogP contribution in [-0.4, -0.2) is 31.5 Å². The maximum Gasteiger partial charge on any atom is 0.138 e. The van der Waals surface area contributed by atoms with Crippen molar-refractivity contribution in [1.82, 2.24) is 0 Å². The molecule has 1 N–H and O–H groups in total. The molecule has 0 radical (unpaired) electrons. The number of halogens is 1. The van der Waals surface area contributed by atoms with E-state index in [4.69, 9.17) is 21.1 Å². The zero-order chi connectivity index (χ0) is 11.3. The predicted octanol–water partition coefficient (Wildman–Crippen LogP) is 2.03. The fourth-order valence-electron chi connectivity index (χ4n) is 1.15. The minimum absolute atomic E-state index is 0.177. The van der Waals surface area contributed by atoms with Crippen molar-refractivity contribution < 1.29 is 14.6 Å². The molecule has 3 nitrogen and oxygen atoms in total. The Balaban J connectivity index is 2.50. The molecule has 0 bridgehead atoms. The highest BCUT2D eigenvalue weighted by Gasteiger charge is 2.06. The number of hydrogen-bond acceptors (Lipinski definition) is 3. The molecule has 1 aromatic carbocycles. The smallest absolute Gasteiger partial charge is 0.138 e. The summed E-state index contributed by atoms with van der Waals surface area (Å²) in [4.78, 5) is 0. The van der Waals surface area contributed by atoms with E-state index >= 15 is 0 Å². The second kappa shape index (κ2) is 5.95. The van der Waals surface area contributed by atoms with Gasteiger partial charge in [-0.25, -0.2) is 0 Å². The van der Waals surface area contributed by atoms with Crippen LogP contribution in [0.5, 0.6) is 5.75 Å². The summed E-state index contributed by atoms with van der Waals surface area (Å²) >= 11 is 5.95. The van der Waals surface area contributed by atoms with Gasteiger partial charge >= 0.3 is 0 Å². The molecule has 0 saturated carbocycles. The molecular formula is C11H15ClO3. The monoisotopic (exact) mass is 230 g/mol. The second-order valence-electron chi connectivity index (χ2n) is 3.35. The van der Waals surface area contributed by atoms with Crippen LogP contribution in [0.4, 0.5) is 0 Å². The van der Waals surface area contributed by atoms with Gasteiger partial charge in [-0.3, -0.25) is 0 Å². The molecular weight excluding hydrogens is 216 g/mol. The topological polar surface area (TPSA) is 38.7 Å². The van der Waals surface area contributed by atoms with Crippen LogP contribution in [0.1, 0.15) is 5.56 Å². The molecule has 15 heavy (non-hydrogen) atoms. The van der Waals surface area contributed by atoms with Gasteiger partial charge in [0.1, 0.15) is 18.5 Å². The quantitative estimate of drug-likeness (QED) is 0.841. The van der Waals surface area contributed by atoms with E-state index in [0.717, 1.165) is 5.56 Å². The van der Waals surface area contributed by atoms with E-state index in [1.165, 1.54) is 7.11 Å². The van der Waals surface area contributed by atoms with E-state index < -0.39 is 6.10 Å².